The van der Waals surface area contributed by atoms with Crippen LogP contribution in [0.4, 0.5) is 4.39 Å². The second-order valence-electron chi connectivity index (χ2n) is 6.43. The average Bonchev–Trinajstić information content (AvgIpc) is 2.54. The lowest BCUT2D eigenvalue weighted by Crippen LogP contribution is -2.50. The van der Waals surface area contributed by atoms with Crippen LogP contribution in [0.25, 0.3) is 0 Å². The number of fused-ring (bicyclic) bond motifs is 1. The van der Waals surface area contributed by atoms with Crippen LogP contribution in [0.1, 0.15) is 25.3 Å². The van der Waals surface area contributed by atoms with Gasteiger partial charge in [0.2, 0.25) is 5.91 Å². The summed E-state index contributed by atoms with van der Waals surface area (Å²) in [7, 11) is 0. The molecule has 3 rings (SSSR count). The van der Waals surface area contributed by atoms with Gasteiger partial charge in [0, 0.05) is 19.2 Å². The van der Waals surface area contributed by atoms with Crippen molar-refractivity contribution in [2.24, 2.45) is 11.8 Å². The van der Waals surface area contributed by atoms with Crippen LogP contribution in [0.5, 0.6) is 5.75 Å². The molecule has 1 saturated heterocycles. The number of amides is 1. The molecule has 120 valence electrons. The quantitative estimate of drug-likeness (QED) is 0.909. The van der Waals surface area contributed by atoms with Crippen molar-refractivity contribution in [2.75, 3.05) is 19.8 Å². The van der Waals surface area contributed by atoms with E-state index in [1.54, 1.807) is 6.07 Å². The van der Waals surface area contributed by atoms with Crippen LogP contribution in [-0.2, 0) is 11.2 Å². The average molecular weight is 307 g/mol. The van der Waals surface area contributed by atoms with Crippen molar-refractivity contribution in [3.05, 3.63) is 29.6 Å². The highest BCUT2D eigenvalue weighted by atomic mass is 19.1. The number of hydrogen-bond donors (Lipinski definition) is 1. The minimum absolute atomic E-state index is 0.0561. The summed E-state index contributed by atoms with van der Waals surface area (Å²) in [5, 5.41) is 9.34. The highest BCUT2D eigenvalue weighted by molar-refractivity contribution is 5.80. The number of aliphatic hydroxyl groups excluding tert-OH is 1. The third-order valence-electron chi connectivity index (χ3n) is 4.80. The maximum absolute atomic E-state index is 13.4. The molecule has 1 aromatic carbocycles. The molecule has 1 fully saturated rings. The summed E-state index contributed by atoms with van der Waals surface area (Å²) < 4.78 is 19.0. The first-order valence-corrected chi connectivity index (χ1v) is 7.91. The van der Waals surface area contributed by atoms with Gasteiger partial charge in [-0.15, -0.1) is 0 Å². The van der Waals surface area contributed by atoms with E-state index in [-0.39, 0.29) is 36.2 Å². The largest absolute Gasteiger partial charge is 0.492 e. The smallest absolute Gasteiger partial charge is 0.229 e. The number of carbonyl (C=O) groups excluding carboxylic acids is 1. The topological polar surface area (TPSA) is 49.8 Å². The number of hydrogen-bond acceptors (Lipinski definition) is 3. The van der Waals surface area contributed by atoms with Crippen LogP contribution in [0.15, 0.2) is 18.2 Å². The van der Waals surface area contributed by atoms with Crippen LogP contribution in [0.2, 0.25) is 0 Å². The predicted octanol–water partition coefficient (Wildman–Crippen LogP) is 2.00. The molecule has 4 nitrogen and oxygen atoms in total. The summed E-state index contributed by atoms with van der Waals surface area (Å²) in [5.41, 5.74) is 0.757. The molecule has 5 heteroatoms. The van der Waals surface area contributed by atoms with E-state index in [0.717, 1.165) is 18.4 Å². The first-order valence-electron chi connectivity index (χ1n) is 7.91. The minimum atomic E-state index is -0.304. The van der Waals surface area contributed by atoms with Gasteiger partial charge in [-0.2, -0.15) is 0 Å². The van der Waals surface area contributed by atoms with E-state index in [1.165, 1.54) is 12.1 Å². The number of halogens is 1. The van der Waals surface area contributed by atoms with Crippen molar-refractivity contribution >= 4 is 5.91 Å². The Hall–Kier alpha value is -1.62. The molecule has 0 radical (unpaired) electrons. The van der Waals surface area contributed by atoms with Gasteiger partial charge < -0.3 is 14.7 Å². The lowest BCUT2D eigenvalue weighted by atomic mass is 9.90. The van der Waals surface area contributed by atoms with Crippen molar-refractivity contribution in [3.8, 4) is 5.75 Å². The van der Waals surface area contributed by atoms with Crippen molar-refractivity contribution in [3.63, 3.8) is 0 Å². The molecule has 0 aliphatic carbocycles. The molecule has 1 N–H and O–H groups in total. The van der Waals surface area contributed by atoms with Crippen LogP contribution >= 0.6 is 0 Å². The van der Waals surface area contributed by atoms with Crippen LogP contribution in [-0.4, -0.2) is 41.7 Å². The first kappa shape index (κ1) is 15.3. The number of ether oxygens (including phenoxy) is 1. The van der Waals surface area contributed by atoms with Gasteiger partial charge >= 0.3 is 0 Å². The van der Waals surface area contributed by atoms with Gasteiger partial charge in [0.25, 0.3) is 0 Å². The number of benzene rings is 1. The summed E-state index contributed by atoms with van der Waals surface area (Å²) in [6.07, 6.45) is 2.38. The number of carbonyl (C=O) groups is 1. The zero-order valence-corrected chi connectivity index (χ0v) is 12.8. The fourth-order valence-corrected chi connectivity index (χ4v) is 3.39. The fraction of sp³-hybridized carbons (Fsp3) is 0.588. The normalized spacial score (nSPS) is 28.0. The zero-order valence-electron chi connectivity index (χ0n) is 12.8. The Morgan fingerprint density at radius 3 is 3.05 bits per heavy atom. The summed E-state index contributed by atoms with van der Waals surface area (Å²) in [6, 6.07) is 4.63. The van der Waals surface area contributed by atoms with Gasteiger partial charge in [-0.05, 0) is 55.9 Å². The van der Waals surface area contributed by atoms with Gasteiger partial charge in [-0.3, -0.25) is 4.79 Å². The Balaban J connectivity index is 1.73. The Labute approximate surface area is 129 Å². The van der Waals surface area contributed by atoms with Crippen molar-refractivity contribution in [1.29, 1.82) is 0 Å². The molecule has 2 aliphatic heterocycles. The van der Waals surface area contributed by atoms with Crippen LogP contribution in [0, 0.1) is 17.7 Å². The van der Waals surface area contributed by atoms with Gasteiger partial charge in [-0.1, -0.05) is 0 Å². The van der Waals surface area contributed by atoms with Crippen LogP contribution in [0.3, 0.4) is 0 Å². The van der Waals surface area contributed by atoms with E-state index in [1.807, 2.05) is 11.8 Å². The molecule has 2 aliphatic rings. The van der Waals surface area contributed by atoms with Gasteiger partial charge in [0.1, 0.15) is 18.2 Å². The second-order valence-corrected chi connectivity index (χ2v) is 6.43. The number of likely N-dealkylation sites (tertiary alicyclic amines) is 1. The van der Waals surface area contributed by atoms with E-state index < -0.39 is 0 Å². The predicted molar refractivity (Wildman–Crippen MR) is 80.1 cm³/mol. The van der Waals surface area contributed by atoms with Crippen molar-refractivity contribution in [2.45, 2.75) is 32.2 Å². The SMILES string of the molecule is CC1CCC(CO)CN1C(=O)C1COc2ccc(F)cc2C1. The molecule has 0 aromatic heterocycles. The van der Waals surface area contributed by atoms with E-state index in [9.17, 15) is 14.3 Å². The van der Waals surface area contributed by atoms with Crippen LogP contribution < -0.4 is 4.74 Å². The summed E-state index contributed by atoms with van der Waals surface area (Å²) in [5.74, 6) is 0.316. The lowest BCUT2D eigenvalue weighted by Gasteiger charge is -2.40. The van der Waals surface area contributed by atoms with Gasteiger partial charge in [-0.25, -0.2) is 4.39 Å². The molecule has 3 unspecified atom stereocenters. The molecule has 1 amide bonds. The summed E-state index contributed by atoms with van der Waals surface area (Å²) in [6.45, 7) is 3.10. The van der Waals surface area contributed by atoms with E-state index in [2.05, 4.69) is 0 Å². The highest BCUT2D eigenvalue weighted by Gasteiger charge is 2.35. The maximum atomic E-state index is 13.4. The zero-order chi connectivity index (χ0) is 15.7. The van der Waals surface area contributed by atoms with E-state index >= 15 is 0 Å². The molecule has 0 bridgehead atoms. The number of rotatable bonds is 2. The molecule has 3 atom stereocenters. The Morgan fingerprint density at radius 2 is 2.27 bits per heavy atom. The van der Waals surface area contributed by atoms with E-state index in [4.69, 9.17) is 4.74 Å². The third kappa shape index (κ3) is 2.95. The molecule has 22 heavy (non-hydrogen) atoms. The molecule has 2 heterocycles. The fourth-order valence-electron chi connectivity index (χ4n) is 3.39. The highest BCUT2D eigenvalue weighted by Crippen LogP contribution is 2.30. The van der Waals surface area contributed by atoms with Crippen molar-refractivity contribution in [1.82, 2.24) is 4.90 Å². The lowest BCUT2D eigenvalue weighted by molar-refractivity contribution is -0.141. The Bertz CT molecular complexity index is 563. The molecular formula is C17H22FNO3. The van der Waals surface area contributed by atoms with Crippen molar-refractivity contribution < 1.29 is 19.0 Å². The third-order valence-corrected chi connectivity index (χ3v) is 4.80. The second kappa shape index (κ2) is 6.24. The number of piperidine rings is 1. The standard InChI is InChI=1S/C17H22FNO3/c1-11-2-3-12(9-20)8-19(11)17(21)14-6-13-7-15(18)4-5-16(13)22-10-14/h4-5,7,11-12,14,20H,2-3,6,8-10H2,1H3. The molecular weight excluding hydrogens is 285 g/mol. The molecule has 1 aromatic rings. The Morgan fingerprint density at radius 1 is 1.45 bits per heavy atom. The van der Waals surface area contributed by atoms with Gasteiger partial charge in [0.15, 0.2) is 0 Å². The molecule has 0 spiro atoms. The summed E-state index contributed by atoms with van der Waals surface area (Å²) >= 11 is 0. The number of nitrogens with zero attached hydrogens (tertiary/aromatic N) is 1. The number of aliphatic hydroxyl groups is 1. The minimum Gasteiger partial charge on any atom is -0.492 e. The molecule has 0 saturated carbocycles. The monoisotopic (exact) mass is 307 g/mol. The van der Waals surface area contributed by atoms with Gasteiger partial charge in [0.05, 0.1) is 5.92 Å². The maximum Gasteiger partial charge on any atom is 0.229 e. The Kier molecular flexibility index (Phi) is 4.34. The summed E-state index contributed by atoms with van der Waals surface area (Å²) in [4.78, 5) is 14.7. The first-order chi connectivity index (χ1) is 10.6. The van der Waals surface area contributed by atoms with E-state index in [0.29, 0.717) is 25.3 Å².